The van der Waals surface area contributed by atoms with Crippen molar-refractivity contribution in [2.45, 2.75) is 19.4 Å². The second-order valence-electron chi connectivity index (χ2n) is 7.66. The van der Waals surface area contributed by atoms with Crippen LogP contribution in [-0.4, -0.2) is 53.2 Å². The van der Waals surface area contributed by atoms with E-state index in [4.69, 9.17) is 14.1 Å². The molecule has 29 heavy (non-hydrogen) atoms. The molecule has 0 aliphatic carbocycles. The zero-order valence-corrected chi connectivity index (χ0v) is 16.8. The van der Waals surface area contributed by atoms with E-state index in [9.17, 15) is 0 Å². The van der Waals surface area contributed by atoms with E-state index in [0.29, 0.717) is 11.9 Å². The van der Waals surface area contributed by atoms with Gasteiger partial charge in [0.15, 0.2) is 5.58 Å². The summed E-state index contributed by atoms with van der Waals surface area (Å²) in [7, 11) is 3.76. The summed E-state index contributed by atoms with van der Waals surface area (Å²) in [6.45, 7) is 4.03. The number of anilines is 2. The van der Waals surface area contributed by atoms with E-state index >= 15 is 0 Å². The van der Waals surface area contributed by atoms with Crippen molar-refractivity contribution in [2.24, 2.45) is 5.92 Å². The van der Waals surface area contributed by atoms with Crippen LogP contribution in [0, 0.1) is 5.92 Å². The van der Waals surface area contributed by atoms with Crippen LogP contribution in [0.4, 0.5) is 11.8 Å². The second kappa shape index (κ2) is 6.95. The number of nitrogens with zero attached hydrogens (tertiary/aromatic N) is 5. The van der Waals surface area contributed by atoms with Gasteiger partial charge in [-0.25, -0.2) is 9.97 Å². The van der Waals surface area contributed by atoms with E-state index in [1.165, 1.54) is 0 Å². The smallest absolute Gasteiger partial charge is 0.298 e. The molecule has 0 saturated carbocycles. The first kappa shape index (κ1) is 17.8. The van der Waals surface area contributed by atoms with Crippen molar-refractivity contribution in [3.05, 3.63) is 36.8 Å². The molecule has 1 fully saturated rings. The summed E-state index contributed by atoms with van der Waals surface area (Å²) in [6, 6.07) is 8.68. The number of methoxy groups -OCH3 is 1. The molecule has 2 unspecified atom stereocenters. The summed E-state index contributed by atoms with van der Waals surface area (Å²) < 4.78 is 11.4. The Labute approximate surface area is 168 Å². The van der Waals surface area contributed by atoms with Crippen LogP contribution in [0.1, 0.15) is 13.3 Å². The van der Waals surface area contributed by atoms with Crippen molar-refractivity contribution in [1.82, 2.24) is 19.9 Å². The molecule has 4 heterocycles. The predicted octanol–water partition coefficient (Wildman–Crippen LogP) is 3.46. The minimum absolute atomic E-state index is 0.279. The Hall–Kier alpha value is -3.29. The van der Waals surface area contributed by atoms with Crippen LogP contribution >= 0.6 is 0 Å². The first-order chi connectivity index (χ1) is 14.1. The molecule has 1 saturated heterocycles. The zero-order valence-electron chi connectivity index (χ0n) is 16.8. The molecule has 8 nitrogen and oxygen atoms in total. The molecule has 1 N–H and O–H groups in total. The minimum atomic E-state index is 0.279. The van der Waals surface area contributed by atoms with Gasteiger partial charge >= 0.3 is 0 Å². The minimum Gasteiger partial charge on any atom is -0.497 e. The predicted molar refractivity (Wildman–Crippen MR) is 113 cm³/mol. The summed E-state index contributed by atoms with van der Waals surface area (Å²) in [5.41, 5.74) is 2.44. The molecule has 0 radical (unpaired) electrons. The van der Waals surface area contributed by atoms with E-state index in [0.717, 1.165) is 53.2 Å². The lowest BCUT2D eigenvalue weighted by Crippen LogP contribution is -2.51. The van der Waals surface area contributed by atoms with Gasteiger partial charge in [-0.1, -0.05) is 6.92 Å². The Bertz CT molecular complexity index is 1150. The lowest BCUT2D eigenvalue weighted by molar-refractivity contribution is 0.355. The van der Waals surface area contributed by atoms with Crippen molar-refractivity contribution in [3.63, 3.8) is 0 Å². The average Bonchev–Trinajstić information content (AvgIpc) is 3.39. The van der Waals surface area contributed by atoms with Gasteiger partial charge in [-0.15, -0.1) is 0 Å². The number of aromatic amines is 1. The molecular formula is C21H24N6O2. The fraction of sp³-hybridized carbons (Fsp3) is 0.381. The fourth-order valence-corrected chi connectivity index (χ4v) is 4.18. The van der Waals surface area contributed by atoms with Crippen LogP contribution in [0.15, 0.2) is 41.2 Å². The Morgan fingerprint density at radius 1 is 1.28 bits per heavy atom. The lowest BCUT2D eigenvalue weighted by Gasteiger charge is -2.41. The number of H-pyrrole nitrogens is 1. The topological polar surface area (TPSA) is 83.3 Å². The average molecular weight is 392 g/mol. The molecule has 0 bridgehead atoms. The number of piperidine rings is 1. The molecule has 0 spiro atoms. The quantitative estimate of drug-likeness (QED) is 0.569. The monoisotopic (exact) mass is 392 g/mol. The number of oxazole rings is 1. The Balaban J connectivity index is 1.44. The molecule has 0 amide bonds. The maximum atomic E-state index is 6.06. The first-order valence-electron chi connectivity index (χ1n) is 9.84. The van der Waals surface area contributed by atoms with Crippen molar-refractivity contribution in [2.75, 3.05) is 37.0 Å². The lowest BCUT2D eigenvalue weighted by atomic mass is 9.92. The summed E-state index contributed by atoms with van der Waals surface area (Å²) >= 11 is 0. The van der Waals surface area contributed by atoms with Gasteiger partial charge in [-0.2, -0.15) is 4.98 Å². The number of ether oxygens (including phenoxy) is 1. The number of fused-ring (bicyclic) bond motifs is 2. The SMILES string of the molecule is COc1ccc2nc(N3CCC(C)C(N(C)c4ncnc5[nH]ccc45)C3)oc2c1. The highest BCUT2D eigenvalue weighted by Crippen LogP contribution is 2.32. The Kier molecular flexibility index (Phi) is 4.26. The number of benzene rings is 1. The maximum Gasteiger partial charge on any atom is 0.298 e. The molecule has 1 aromatic carbocycles. The number of rotatable bonds is 4. The number of hydrogen-bond donors (Lipinski definition) is 1. The second-order valence-corrected chi connectivity index (χ2v) is 7.66. The number of likely N-dealkylation sites (N-methyl/N-ethyl adjacent to an activating group) is 1. The highest BCUT2D eigenvalue weighted by atomic mass is 16.5. The fourth-order valence-electron chi connectivity index (χ4n) is 4.18. The van der Waals surface area contributed by atoms with Crippen molar-refractivity contribution >= 4 is 34.0 Å². The van der Waals surface area contributed by atoms with Crippen LogP contribution in [0.5, 0.6) is 5.75 Å². The van der Waals surface area contributed by atoms with E-state index in [1.54, 1.807) is 13.4 Å². The van der Waals surface area contributed by atoms with Gasteiger partial charge in [0.05, 0.1) is 18.5 Å². The molecular weight excluding hydrogens is 368 g/mol. The van der Waals surface area contributed by atoms with Crippen LogP contribution in [0.3, 0.4) is 0 Å². The van der Waals surface area contributed by atoms with Gasteiger partial charge in [0.2, 0.25) is 0 Å². The van der Waals surface area contributed by atoms with Gasteiger partial charge in [-0.3, -0.25) is 0 Å². The normalized spacial score (nSPS) is 19.8. The van der Waals surface area contributed by atoms with E-state index in [1.807, 2.05) is 30.5 Å². The third-order valence-electron chi connectivity index (χ3n) is 5.94. The van der Waals surface area contributed by atoms with E-state index < -0.39 is 0 Å². The largest absolute Gasteiger partial charge is 0.497 e. The molecule has 1 aliphatic rings. The summed E-state index contributed by atoms with van der Waals surface area (Å²) in [5.74, 6) is 2.23. The van der Waals surface area contributed by atoms with E-state index in [2.05, 4.69) is 38.7 Å². The summed E-state index contributed by atoms with van der Waals surface area (Å²) in [5, 5.41) is 1.04. The van der Waals surface area contributed by atoms with Gasteiger partial charge < -0.3 is 23.9 Å². The maximum absolute atomic E-state index is 6.06. The van der Waals surface area contributed by atoms with Crippen molar-refractivity contribution < 1.29 is 9.15 Å². The molecule has 8 heteroatoms. The van der Waals surface area contributed by atoms with Gasteiger partial charge in [0.1, 0.15) is 29.1 Å². The van der Waals surface area contributed by atoms with Crippen molar-refractivity contribution in [3.8, 4) is 5.75 Å². The van der Waals surface area contributed by atoms with Gasteiger partial charge in [0, 0.05) is 32.4 Å². The molecule has 1 aliphatic heterocycles. The highest BCUT2D eigenvalue weighted by Gasteiger charge is 2.32. The molecule has 4 aromatic rings. The third-order valence-corrected chi connectivity index (χ3v) is 5.94. The number of hydrogen-bond acceptors (Lipinski definition) is 7. The Morgan fingerprint density at radius 2 is 2.17 bits per heavy atom. The molecule has 150 valence electrons. The summed E-state index contributed by atoms with van der Waals surface area (Å²) in [4.78, 5) is 21.2. The molecule has 5 rings (SSSR count). The number of aromatic nitrogens is 4. The zero-order chi connectivity index (χ0) is 20.0. The van der Waals surface area contributed by atoms with Crippen molar-refractivity contribution in [1.29, 1.82) is 0 Å². The molecule has 2 atom stereocenters. The third kappa shape index (κ3) is 3.04. The number of nitrogens with one attached hydrogen (secondary N) is 1. The van der Waals surface area contributed by atoms with Crippen LogP contribution in [0.25, 0.3) is 22.1 Å². The molecule has 3 aromatic heterocycles. The Morgan fingerprint density at radius 3 is 3.03 bits per heavy atom. The van der Waals surface area contributed by atoms with Gasteiger partial charge in [0.25, 0.3) is 6.01 Å². The van der Waals surface area contributed by atoms with Crippen LogP contribution < -0.4 is 14.5 Å². The highest BCUT2D eigenvalue weighted by molar-refractivity contribution is 5.87. The summed E-state index contributed by atoms with van der Waals surface area (Å²) in [6.07, 6.45) is 4.57. The first-order valence-corrected chi connectivity index (χ1v) is 9.84. The van der Waals surface area contributed by atoms with E-state index in [-0.39, 0.29) is 6.04 Å². The van der Waals surface area contributed by atoms with Gasteiger partial charge in [-0.05, 0) is 30.5 Å². The van der Waals surface area contributed by atoms with Crippen LogP contribution in [-0.2, 0) is 0 Å². The van der Waals surface area contributed by atoms with Crippen LogP contribution in [0.2, 0.25) is 0 Å². The standard InChI is InChI=1S/C21H24N6O2/c1-13-7-9-27(21-25-16-5-4-14(28-3)10-18(16)29-21)11-17(13)26(2)20-15-6-8-22-19(15)23-12-24-20/h4-6,8,10,12-13,17H,7,9,11H2,1-3H3,(H,22,23,24).